The fraction of sp³-hybridized carbons (Fsp3) is 0.143. The number of nitrogens with zero attached hydrogens (tertiary/aromatic N) is 2. The molecule has 1 aromatic carbocycles. The first-order valence-corrected chi connectivity index (χ1v) is 5.46. The number of pyridine rings is 1. The van der Waals surface area contributed by atoms with Gasteiger partial charge in [-0.1, -0.05) is 13.0 Å². The van der Waals surface area contributed by atoms with Gasteiger partial charge >= 0.3 is 0 Å². The highest BCUT2D eigenvalue weighted by Crippen LogP contribution is 2.14. The summed E-state index contributed by atoms with van der Waals surface area (Å²) in [7, 11) is 0. The summed E-state index contributed by atoms with van der Waals surface area (Å²) in [6.07, 6.45) is 3.58. The summed E-state index contributed by atoms with van der Waals surface area (Å²) in [5.41, 5.74) is 1.72. The predicted octanol–water partition coefficient (Wildman–Crippen LogP) is 3.73. The molecule has 1 unspecified atom stereocenters. The summed E-state index contributed by atoms with van der Waals surface area (Å²) in [4.78, 5) is 8.55. The van der Waals surface area contributed by atoms with Gasteiger partial charge in [-0.2, -0.15) is 0 Å². The van der Waals surface area contributed by atoms with E-state index in [4.69, 9.17) is 0 Å². The Morgan fingerprint density at radius 3 is 2.59 bits per heavy atom. The average Bonchev–Trinajstić information content (AvgIpc) is 2.39. The molecular formula is C14H13FN2. The van der Waals surface area contributed by atoms with Crippen molar-refractivity contribution in [2.75, 3.05) is 0 Å². The molecule has 0 fully saturated rings. The van der Waals surface area contributed by atoms with Crippen molar-refractivity contribution in [1.29, 1.82) is 0 Å². The number of rotatable bonds is 3. The van der Waals surface area contributed by atoms with E-state index in [-0.39, 0.29) is 11.7 Å². The molecule has 17 heavy (non-hydrogen) atoms. The maximum atomic E-state index is 12.7. The molecule has 3 heteroatoms. The molecule has 86 valence electrons. The summed E-state index contributed by atoms with van der Waals surface area (Å²) in [5.74, 6) is -0.108. The maximum Gasteiger partial charge on any atom is 0.123 e. The first-order valence-electron chi connectivity index (χ1n) is 5.46. The van der Waals surface area contributed by atoms with Gasteiger partial charge in [0, 0.05) is 24.0 Å². The van der Waals surface area contributed by atoms with Crippen LogP contribution in [0.2, 0.25) is 0 Å². The van der Waals surface area contributed by atoms with Crippen LogP contribution in [0.5, 0.6) is 0 Å². The zero-order valence-electron chi connectivity index (χ0n) is 9.55. The molecule has 0 bridgehead atoms. The third-order valence-corrected chi connectivity index (χ3v) is 2.43. The molecule has 2 rings (SSSR count). The van der Waals surface area contributed by atoms with Crippen molar-refractivity contribution in [1.82, 2.24) is 4.98 Å². The van der Waals surface area contributed by atoms with Gasteiger partial charge in [0.25, 0.3) is 0 Å². The minimum atomic E-state index is -0.248. The van der Waals surface area contributed by atoms with Crippen LogP contribution in [-0.4, -0.2) is 11.2 Å². The van der Waals surface area contributed by atoms with E-state index in [1.807, 2.05) is 31.3 Å². The molecule has 0 saturated heterocycles. The topological polar surface area (TPSA) is 25.2 Å². The minimum absolute atomic E-state index is 0.140. The molecule has 1 atom stereocenters. The molecule has 0 saturated carbocycles. The number of aliphatic imine (C=N–C) groups is 1. The average molecular weight is 228 g/mol. The van der Waals surface area contributed by atoms with Crippen LogP contribution < -0.4 is 0 Å². The normalized spacial score (nSPS) is 12.8. The van der Waals surface area contributed by atoms with Crippen molar-refractivity contribution in [3.8, 4) is 0 Å². The second-order valence-corrected chi connectivity index (χ2v) is 3.80. The number of halogens is 1. The molecule has 2 nitrogen and oxygen atoms in total. The van der Waals surface area contributed by atoms with E-state index < -0.39 is 0 Å². The van der Waals surface area contributed by atoms with Crippen molar-refractivity contribution in [2.24, 2.45) is 4.99 Å². The molecule has 0 radical (unpaired) electrons. The summed E-state index contributed by atoms with van der Waals surface area (Å²) < 4.78 is 12.7. The monoisotopic (exact) mass is 228 g/mol. The standard InChI is InChI=1S/C14H13FN2/c1-11(14-4-2-3-9-16-14)10-17-13-7-5-12(15)6-8-13/h2-11H,1H3. The Bertz CT molecular complexity index is 491. The lowest BCUT2D eigenvalue weighted by atomic mass is 10.1. The smallest absolute Gasteiger partial charge is 0.123 e. The van der Waals surface area contributed by atoms with Gasteiger partial charge in [-0.25, -0.2) is 4.39 Å². The third kappa shape index (κ3) is 3.21. The highest BCUT2D eigenvalue weighted by Gasteiger charge is 2.02. The Hall–Kier alpha value is -2.03. The van der Waals surface area contributed by atoms with E-state index in [0.29, 0.717) is 0 Å². The van der Waals surface area contributed by atoms with Gasteiger partial charge < -0.3 is 0 Å². The molecule has 0 aliphatic carbocycles. The molecule has 0 aliphatic heterocycles. The van der Waals surface area contributed by atoms with Crippen LogP contribution in [0.1, 0.15) is 18.5 Å². The Morgan fingerprint density at radius 2 is 1.94 bits per heavy atom. The lowest BCUT2D eigenvalue weighted by Crippen LogP contribution is -1.96. The molecule has 1 aromatic heterocycles. The number of aromatic nitrogens is 1. The van der Waals surface area contributed by atoms with Crippen LogP contribution in [0, 0.1) is 5.82 Å². The van der Waals surface area contributed by atoms with Gasteiger partial charge in [-0.05, 0) is 36.4 Å². The Labute approximate surface area is 99.9 Å². The fourth-order valence-corrected chi connectivity index (χ4v) is 1.45. The fourth-order valence-electron chi connectivity index (χ4n) is 1.45. The molecule has 0 N–H and O–H groups in total. The first kappa shape index (κ1) is 11.5. The van der Waals surface area contributed by atoms with Crippen LogP contribution in [0.4, 0.5) is 10.1 Å². The van der Waals surface area contributed by atoms with Gasteiger partial charge in [0.15, 0.2) is 0 Å². The van der Waals surface area contributed by atoms with Crippen LogP contribution in [0.3, 0.4) is 0 Å². The van der Waals surface area contributed by atoms with Gasteiger partial charge in [0.05, 0.1) is 5.69 Å². The molecule has 2 aromatic rings. The van der Waals surface area contributed by atoms with Gasteiger partial charge in [0.1, 0.15) is 5.82 Å². The van der Waals surface area contributed by atoms with E-state index in [9.17, 15) is 4.39 Å². The second-order valence-electron chi connectivity index (χ2n) is 3.80. The lowest BCUT2D eigenvalue weighted by molar-refractivity contribution is 0.628. The molecular weight excluding hydrogens is 215 g/mol. The van der Waals surface area contributed by atoms with Crippen LogP contribution in [0.25, 0.3) is 0 Å². The summed E-state index contributed by atoms with van der Waals surface area (Å²) in [5, 5.41) is 0. The van der Waals surface area contributed by atoms with Crippen molar-refractivity contribution in [2.45, 2.75) is 12.8 Å². The number of hydrogen-bond donors (Lipinski definition) is 0. The molecule has 0 amide bonds. The maximum absolute atomic E-state index is 12.7. The van der Waals surface area contributed by atoms with Gasteiger partial charge in [-0.3, -0.25) is 9.98 Å². The third-order valence-electron chi connectivity index (χ3n) is 2.43. The van der Waals surface area contributed by atoms with Crippen molar-refractivity contribution in [3.05, 3.63) is 60.2 Å². The number of hydrogen-bond acceptors (Lipinski definition) is 2. The summed E-state index contributed by atoms with van der Waals surface area (Å²) in [6, 6.07) is 11.9. The number of benzene rings is 1. The lowest BCUT2D eigenvalue weighted by Gasteiger charge is -2.03. The SMILES string of the molecule is CC(C=Nc1ccc(F)cc1)c1ccccn1. The van der Waals surface area contributed by atoms with E-state index in [2.05, 4.69) is 9.98 Å². The summed E-state index contributed by atoms with van der Waals surface area (Å²) in [6.45, 7) is 2.02. The van der Waals surface area contributed by atoms with Crippen molar-refractivity contribution < 1.29 is 4.39 Å². The molecule has 1 heterocycles. The Kier molecular flexibility index (Phi) is 3.60. The minimum Gasteiger partial charge on any atom is -0.261 e. The summed E-state index contributed by atoms with van der Waals surface area (Å²) >= 11 is 0. The Morgan fingerprint density at radius 1 is 1.18 bits per heavy atom. The van der Waals surface area contributed by atoms with Crippen LogP contribution in [-0.2, 0) is 0 Å². The zero-order valence-corrected chi connectivity index (χ0v) is 9.55. The highest BCUT2D eigenvalue weighted by molar-refractivity contribution is 5.70. The quantitative estimate of drug-likeness (QED) is 0.735. The Balaban J connectivity index is 2.08. The largest absolute Gasteiger partial charge is 0.261 e. The van der Waals surface area contributed by atoms with Crippen molar-refractivity contribution >= 4 is 11.9 Å². The van der Waals surface area contributed by atoms with E-state index in [0.717, 1.165) is 11.4 Å². The molecule has 0 spiro atoms. The van der Waals surface area contributed by atoms with E-state index in [1.54, 1.807) is 18.3 Å². The second kappa shape index (κ2) is 5.34. The molecule has 0 aliphatic rings. The van der Waals surface area contributed by atoms with E-state index in [1.165, 1.54) is 12.1 Å². The van der Waals surface area contributed by atoms with Crippen LogP contribution >= 0.6 is 0 Å². The van der Waals surface area contributed by atoms with Gasteiger partial charge in [0.2, 0.25) is 0 Å². The van der Waals surface area contributed by atoms with E-state index >= 15 is 0 Å². The highest BCUT2D eigenvalue weighted by atomic mass is 19.1. The van der Waals surface area contributed by atoms with Crippen molar-refractivity contribution in [3.63, 3.8) is 0 Å². The van der Waals surface area contributed by atoms with Crippen LogP contribution in [0.15, 0.2) is 53.7 Å². The predicted molar refractivity (Wildman–Crippen MR) is 67.2 cm³/mol. The van der Waals surface area contributed by atoms with Gasteiger partial charge in [-0.15, -0.1) is 0 Å². The first-order chi connectivity index (χ1) is 8.25. The zero-order chi connectivity index (χ0) is 12.1.